The SMILES string of the molecule is CCCCNc1nc(NCCOCCOCCNC(=O)c2ccccc2)nc(N2CCc3ccccc3C2)n1. The van der Waals surface area contributed by atoms with E-state index in [2.05, 4.69) is 57.0 Å². The molecule has 0 unspecified atom stereocenters. The monoisotopic (exact) mass is 533 g/mol. The number of hydrogen-bond acceptors (Lipinski definition) is 9. The molecule has 2 aromatic carbocycles. The van der Waals surface area contributed by atoms with Crippen molar-refractivity contribution >= 4 is 23.8 Å². The normalized spacial score (nSPS) is 12.6. The summed E-state index contributed by atoms with van der Waals surface area (Å²) in [6.07, 6.45) is 3.12. The zero-order chi connectivity index (χ0) is 27.1. The number of carbonyl (C=O) groups is 1. The molecule has 0 saturated heterocycles. The molecule has 4 rings (SSSR count). The minimum absolute atomic E-state index is 0.100. The lowest BCUT2D eigenvalue weighted by Crippen LogP contribution is -2.32. The van der Waals surface area contributed by atoms with Crippen LogP contribution in [0.2, 0.25) is 0 Å². The van der Waals surface area contributed by atoms with Gasteiger partial charge in [0.05, 0.1) is 26.4 Å². The Hall–Kier alpha value is -3.76. The topological polar surface area (TPSA) is 114 Å². The molecule has 0 atom stereocenters. The molecule has 10 nitrogen and oxygen atoms in total. The third-order valence-electron chi connectivity index (χ3n) is 6.32. The van der Waals surface area contributed by atoms with Crippen molar-refractivity contribution in [3.05, 3.63) is 71.3 Å². The van der Waals surface area contributed by atoms with Gasteiger partial charge < -0.3 is 30.3 Å². The Kier molecular flexibility index (Phi) is 11.3. The number of nitrogens with one attached hydrogen (secondary N) is 3. The Morgan fingerprint density at radius 1 is 0.821 bits per heavy atom. The number of anilines is 3. The molecule has 3 N–H and O–H groups in total. The van der Waals surface area contributed by atoms with Crippen molar-refractivity contribution in [3.63, 3.8) is 0 Å². The van der Waals surface area contributed by atoms with Crippen LogP contribution in [-0.4, -0.2) is 73.5 Å². The van der Waals surface area contributed by atoms with E-state index in [-0.39, 0.29) is 5.91 Å². The molecule has 39 heavy (non-hydrogen) atoms. The Morgan fingerprint density at radius 3 is 2.23 bits per heavy atom. The standard InChI is InChI=1S/C29H39N7O3/c1-2-3-14-31-27-33-28(35-29(34-27)36-17-13-23-9-7-8-12-25(23)22-36)32-16-19-39-21-20-38-18-15-30-26(37)24-10-5-4-6-11-24/h4-12H,2-3,13-22H2,1H3,(H,30,37)(H2,31,32,33,34,35). The summed E-state index contributed by atoms with van der Waals surface area (Å²) in [5.41, 5.74) is 3.35. The molecular weight excluding hydrogens is 494 g/mol. The van der Waals surface area contributed by atoms with Crippen molar-refractivity contribution in [2.45, 2.75) is 32.7 Å². The lowest BCUT2D eigenvalue weighted by atomic mass is 10.0. The van der Waals surface area contributed by atoms with E-state index in [1.165, 1.54) is 11.1 Å². The van der Waals surface area contributed by atoms with Gasteiger partial charge in [-0.1, -0.05) is 55.8 Å². The fraction of sp³-hybridized carbons (Fsp3) is 0.448. The first kappa shape index (κ1) is 28.3. The van der Waals surface area contributed by atoms with Gasteiger partial charge in [0, 0.05) is 38.3 Å². The van der Waals surface area contributed by atoms with Crippen LogP contribution < -0.4 is 20.9 Å². The summed E-state index contributed by atoms with van der Waals surface area (Å²) in [5, 5.41) is 9.44. The lowest BCUT2D eigenvalue weighted by molar-refractivity contribution is 0.0519. The van der Waals surface area contributed by atoms with Crippen molar-refractivity contribution < 1.29 is 14.3 Å². The van der Waals surface area contributed by atoms with E-state index in [4.69, 9.17) is 19.4 Å². The lowest BCUT2D eigenvalue weighted by Gasteiger charge is -2.29. The number of benzene rings is 2. The molecule has 0 aliphatic carbocycles. The molecule has 3 aromatic rings. The number of ether oxygens (including phenoxy) is 2. The van der Waals surface area contributed by atoms with E-state index >= 15 is 0 Å². The quantitative estimate of drug-likeness (QED) is 0.238. The van der Waals surface area contributed by atoms with E-state index in [9.17, 15) is 4.79 Å². The van der Waals surface area contributed by atoms with Gasteiger partial charge in [-0.15, -0.1) is 0 Å². The van der Waals surface area contributed by atoms with Crippen LogP contribution in [0.1, 0.15) is 41.3 Å². The van der Waals surface area contributed by atoms with Crippen LogP contribution in [0.3, 0.4) is 0 Å². The molecule has 1 aromatic heterocycles. The maximum atomic E-state index is 12.0. The number of hydrogen-bond donors (Lipinski definition) is 3. The number of rotatable bonds is 16. The summed E-state index contributed by atoms with van der Waals surface area (Å²) < 4.78 is 11.2. The van der Waals surface area contributed by atoms with Crippen LogP contribution in [0.25, 0.3) is 0 Å². The van der Waals surface area contributed by atoms with E-state index < -0.39 is 0 Å². The van der Waals surface area contributed by atoms with Crippen LogP contribution >= 0.6 is 0 Å². The molecule has 0 saturated carbocycles. The fourth-order valence-electron chi connectivity index (χ4n) is 4.19. The predicted molar refractivity (Wildman–Crippen MR) is 153 cm³/mol. The van der Waals surface area contributed by atoms with E-state index in [0.717, 1.165) is 38.9 Å². The molecule has 0 bridgehead atoms. The van der Waals surface area contributed by atoms with Gasteiger partial charge in [0.2, 0.25) is 17.8 Å². The van der Waals surface area contributed by atoms with Crippen molar-refractivity contribution in [3.8, 4) is 0 Å². The summed E-state index contributed by atoms with van der Waals surface area (Å²) in [5.74, 6) is 1.70. The summed E-state index contributed by atoms with van der Waals surface area (Å²) >= 11 is 0. The number of fused-ring (bicyclic) bond motifs is 1. The number of aromatic nitrogens is 3. The minimum atomic E-state index is -0.100. The second-order valence-electron chi connectivity index (χ2n) is 9.28. The molecule has 0 radical (unpaired) electrons. The molecule has 208 valence electrons. The number of amides is 1. The average Bonchev–Trinajstić information content (AvgIpc) is 2.98. The van der Waals surface area contributed by atoms with Crippen LogP contribution in [0.4, 0.5) is 17.8 Å². The maximum Gasteiger partial charge on any atom is 0.251 e. The van der Waals surface area contributed by atoms with Crippen molar-refractivity contribution in [1.82, 2.24) is 20.3 Å². The van der Waals surface area contributed by atoms with Crippen molar-refractivity contribution in [2.75, 3.05) is 68.1 Å². The van der Waals surface area contributed by atoms with Crippen LogP contribution in [-0.2, 0) is 22.4 Å². The Bertz CT molecular complexity index is 1160. The largest absolute Gasteiger partial charge is 0.377 e. The third-order valence-corrected chi connectivity index (χ3v) is 6.32. The Balaban J connectivity index is 1.17. The molecular formula is C29H39N7O3. The first-order valence-electron chi connectivity index (χ1n) is 13.8. The summed E-state index contributed by atoms with van der Waals surface area (Å²) in [6, 6.07) is 17.7. The van der Waals surface area contributed by atoms with Crippen LogP contribution in [0.15, 0.2) is 54.6 Å². The van der Waals surface area contributed by atoms with Crippen LogP contribution in [0, 0.1) is 0 Å². The summed E-state index contributed by atoms with van der Waals surface area (Å²) in [6.45, 7) is 7.50. The van der Waals surface area contributed by atoms with Crippen molar-refractivity contribution in [1.29, 1.82) is 0 Å². The molecule has 1 amide bonds. The first-order chi connectivity index (χ1) is 19.2. The third kappa shape index (κ3) is 9.19. The highest BCUT2D eigenvalue weighted by molar-refractivity contribution is 5.94. The van der Waals surface area contributed by atoms with Gasteiger partial charge in [-0.2, -0.15) is 15.0 Å². The zero-order valence-corrected chi connectivity index (χ0v) is 22.7. The molecule has 1 aliphatic rings. The number of nitrogens with zero attached hydrogens (tertiary/aromatic N) is 4. The molecule has 0 spiro atoms. The van der Waals surface area contributed by atoms with Gasteiger partial charge in [0.1, 0.15) is 0 Å². The highest BCUT2D eigenvalue weighted by atomic mass is 16.5. The molecule has 10 heteroatoms. The molecule has 0 fully saturated rings. The van der Waals surface area contributed by atoms with Crippen LogP contribution in [0.5, 0.6) is 0 Å². The Labute approximate surface area is 230 Å². The molecule has 2 heterocycles. The fourth-order valence-corrected chi connectivity index (χ4v) is 4.19. The van der Waals surface area contributed by atoms with Gasteiger partial charge in [0.15, 0.2) is 0 Å². The number of carbonyl (C=O) groups excluding carboxylic acids is 1. The highest BCUT2D eigenvalue weighted by Gasteiger charge is 2.20. The summed E-state index contributed by atoms with van der Waals surface area (Å²) in [4.78, 5) is 28.2. The second-order valence-corrected chi connectivity index (χ2v) is 9.28. The van der Waals surface area contributed by atoms with Gasteiger partial charge in [-0.25, -0.2) is 0 Å². The van der Waals surface area contributed by atoms with Gasteiger partial charge >= 0.3 is 0 Å². The van der Waals surface area contributed by atoms with E-state index in [1.54, 1.807) is 12.1 Å². The van der Waals surface area contributed by atoms with Gasteiger partial charge in [-0.3, -0.25) is 4.79 Å². The first-order valence-corrected chi connectivity index (χ1v) is 13.8. The number of unbranched alkanes of at least 4 members (excludes halogenated alkanes) is 1. The van der Waals surface area contributed by atoms with E-state index in [1.807, 2.05) is 18.2 Å². The highest BCUT2D eigenvalue weighted by Crippen LogP contribution is 2.23. The minimum Gasteiger partial charge on any atom is -0.377 e. The zero-order valence-electron chi connectivity index (χ0n) is 22.7. The average molecular weight is 534 g/mol. The van der Waals surface area contributed by atoms with Gasteiger partial charge in [0.25, 0.3) is 5.91 Å². The molecule has 1 aliphatic heterocycles. The van der Waals surface area contributed by atoms with E-state index in [0.29, 0.717) is 62.9 Å². The summed E-state index contributed by atoms with van der Waals surface area (Å²) in [7, 11) is 0. The maximum absolute atomic E-state index is 12.0. The van der Waals surface area contributed by atoms with Gasteiger partial charge in [-0.05, 0) is 36.1 Å². The predicted octanol–water partition coefficient (Wildman–Crippen LogP) is 3.52. The smallest absolute Gasteiger partial charge is 0.251 e. The second kappa shape index (κ2) is 15.6. The van der Waals surface area contributed by atoms with Crippen molar-refractivity contribution in [2.24, 2.45) is 0 Å². The Morgan fingerprint density at radius 2 is 1.49 bits per heavy atom.